The summed E-state index contributed by atoms with van der Waals surface area (Å²) in [4.78, 5) is 13.8. The van der Waals surface area contributed by atoms with Gasteiger partial charge >= 0.3 is 0 Å². The molecule has 3 rings (SSSR count). The zero-order chi connectivity index (χ0) is 20.9. The third-order valence-electron chi connectivity index (χ3n) is 5.96. The van der Waals surface area contributed by atoms with Crippen molar-refractivity contribution in [1.82, 2.24) is 10.2 Å². The number of nitrogens with zero attached hydrogens (tertiary/aromatic N) is 1. The van der Waals surface area contributed by atoms with E-state index in [0.717, 1.165) is 38.0 Å². The van der Waals surface area contributed by atoms with Crippen LogP contribution in [0.4, 0.5) is 0 Å². The highest BCUT2D eigenvalue weighted by Crippen LogP contribution is 2.39. The van der Waals surface area contributed by atoms with Crippen LogP contribution in [0.5, 0.6) is 0 Å². The summed E-state index contributed by atoms with van der Waals surface area (Å²) in [5.41, 5.74) is 0.947. The second-order valence-electron chi connectivity index (χ2n) is 8.53. The summed E-state index contributed by atoms with van der Waals surface area (Å²) in [7, 11) is 0. The first kappa shape index (κ1) is 21.8. The lowest BCUT2D eigenvalue weighted by atomic mass is 9.75. The summed E-state index contributed by atoms with van der Waals surface area (Å²) >= 11 is 0. The van der Waals surface area contributed by atoms with Crippen LogP contribution in [-0.2, 0) is 16.1 Å². The van der Waals surface area contributed by atoms with Crippen molar-refractivity contribution in [2.45, 2.75) is 63.3 Å². The summed E-state index contributed by atoms with van der Waals surface area (Å²) in [5, 5.41) is 22.5. The number of rotatable bonds is 4. The molecule has 6 heteroatoms. The molecule has 0 unspecified atom stereocenters. The topological polar surface area (TPSA) is 82.0 Å². The van der Waals surface area contributed by atoms with E-state index in [2.05, 4.69) is 34.2 Å². The second kappa shape index (κ2) is 9.27. The Labute approximate surface area is 173 Å². The van der Waals surface area contributed by atoms with E-state index in [1.807, 2.05) is 12.1 Å². The van der Waals surface area contributed by atoms with Crippen LogP contribution in [-0.4, -0.2) is 64.6 Å². The first-order valence-corrected chi connectivity index (χ1v) is 10.4. The van der Waals surface area contributed by atoms with Gasteiger partial charge in [-0.3, -0.25) is 9.69 Å². The molecule has 0 aromatic heterocycles. The van der Waals surface area contributed by atoms with Gasteiger partial charge in [0.05, 0.1) is 30.5 Å². The fourth-order valence-electron chi connectivity index (χ4n) is 4.32. The minimum Gasteiger partial charge on any atom is -0.395 e. The number of aliphatic hydroxyl groups is 2. The van der Waals surface area contributed by atoms with Crippen molar-refractivity contribution < 1.29 is 19.7 Å². The van der Waals surface area contributed by atoms with Gasteiger partial charge in [-0.15, -0.1) is 0 Å². The summed E-state index contributed by atoms with van der Waals surface area (Å²) < 4.78 is 6.18. The van der Waals surface area contributed by atoms with Gasteiger partial charge in [0.1, 0.15) is 0 Å². The zero-order valence-electron chi connectivity index (χ0n) is 17.4. The molecule has 1 aromatic carbocycles. The van der Waals surface area contributed by atoms with Gasteiger partial charge in [0, 0.05) is 45.0 Å². The van der Waals surface area contributed by atoms with E-state index in [-0.39, 0.29) is 24.2 Å². The molecule has 0 radical (unpaired) electrons. The highest BCUT2D eigenvalue weighted by molar-refractivity contribution is 5.73. The van der Waals surface area contributed by atoms with E-state index >= 15 is 0 Å². The van der Waals surface area contributed by atoms with Crippen molar-refractivity contribution in [3.63, 3.8) is 0 Å². The number of ether oxygens (including phenoxy) is 1. The van der Waals surface area contributed by atoms with E-state index in [4.69, 9.17) is 9.84 Å². The molecule has 158 valence electrons. The number of likely N-dealkylation sites (tertiary alicyclic amines) is 1. The van der Waals surface area contributed by atoms with Crippen LogP contribution in [0, 0.1) is 11.8 Å². The molecule has 2 aliphatic heterocycles. The lowest BCUT2D eigenvalue weighted by Gasteiger charge is -2.51. The third-order valence-corrected chi connectivity index (χ3v) is 5.96. The molecule has 3 N–H and O–H groups in total. The predicted molar refractivity (Wildman–Crippen MR) is 111 cm³/mol. The molecule has 2 aliphatic rings. The van der Waals surface area contributed by atoms with Gasteiger partial charge in [-0.05, 0) is 37.5 Å². The molecule has 6 nitrogen and oxygen atoms in total. The molecule has 29 heavy (non-hydrogen) atoms. The van der Waals surface area contributed by atoms with E-state index in [1.54, 1.807) is 6.92 Å². The molecule has 0 bridgehead atoms. The summed E-state index contributed by atoms with van der Waals surface area (Å²) in [6, 6.07) is 7.90. The Kier molecular flexibility index (Phi) is 6.97. The highest BCUT2D eigenvalue weighted by Gasteiger charge is 2.49. The largest absolute Gasteiger partial charge is 0.395 e. The van der Waals surface area contributed by atoms with Crippen molar-refractivity contribution in [3.8, 4) is 11.8 Å². The Balaban J connectivity index is 1.52. The van der Waals surface area contributed by atoms with Gasteiger partial charge in [-0.25, -0.2) is 0 Å². The maximum absolute atomic E-state index is 11.4. The number of benzene rings is 1. The molecule has 0 saturated carbocycles. The van der Waals surface area contributed by atoms with Crippen molar-refractivity contribution in [2.24, 2.45) is 0 Å². The number of carbonyl (C=O) groups excluding carboxylic acids is 1. The minimum atomic E-state index is -0.959. The first-order valence-electron chi connectivity index (χ1n) is 10.4. The van der Waals surface area contributed by atoms with Gasteiger partial charge < -0.3 is 20.3 Å². The normalized spacial score (nSPS) is 26.6. The lowest BCUT2D eigenvalue weighted by Crippen LogP contribution is -2.63. The SMILES string of the molecule is CC(=O)N[C@H]1COC2(CCN(Cc3ccc(C#CCCO)cc3)CC2)C[C@]1(C)O. The second-order valence-corrected chi connectivity index (χ2v) is 8.53. The summed E-state index contributed by atoms with van der Waals surface area (Å²) in [6.45, 7) is 6.42. The van der Waals surface area contributed by atoms with Crippen LogP contribution in [0.1, 0.15) is 50.7 Å². The molecule has 1 spiro atoms. The van der Waals surface area contributed by atoms with Gasteiger partial charge in [0.2, 0.25) is 5.91 Å². The molecule has 2 atom stereocenters. The molecule has 1 aromatic rings. The van der Waals surface area contributed by atoms with Crippen molar-refractivity contribution in [1.29, 1.82) is 0 Å². The Bertz CT molecular complexity index is 755. The maximum atomic E-state index is 11.4. The third kappa shape index (κ3) is 5.80. The predicted octanol–water partition coefficient (Wildman–Crippen LogP) is 1.43. The fraction of sp³-hybridized carbons (Fsp3) is 0.609. The van der Waals surface area contributed by atoms with Crippen LogP contribution in [0.25, 0.3) is 0 Å². The van der Waals surface area contributed by atoms with E-state index < -0.39 is 5.60 Å². The quantitative estimate of drug-likeness (QED) is 0.666. The minimum absolute atomic E-state index is 0.0918. The number of nitrogens with one attached hydrogen (secondary N) is 1. The Hall–Kier alpha value is -1.91. The average Bonchev–Trinajstić information content (AvgIpc) is 2.67. The average molecular weight is 401 g/mol. The number of hydrogen-bond donors (Lipinski definition) is 3. The smallest absolute Gasteiger partial charge is 0.217 e. The number of piperidine rings is 1. The Morgan fingerprint density at radius 2 is 2.00 bits per heavy atom. The molecular formula is C23H32N2O4. The number of aliphatic hydroxyl groups excluding tert-OH is 1. The van der Waals surface area contributed by atoms with Crippen molar-refractivity contribution >= 4 is 5.91 Å². The molecule has 2 heterocycles. The van der Waals surface area contributed by atoms with E-state index in [1.165, 1.54) is 12.5 Å². The van der Waals surface area contributed by atoms with Gasteiger partial charge in [-0.2, -0.15) is 0 Å². The number of amides is 1. The number of hydrogen-bond acceptors (Lipinski definition) is 5. The first-order chi connectivity index (χ1) is 13.8. The maximum Gasteiger partial charge on any atom is 0.217 e. The van der Waals surface area contributed by atoms with Gasteiger partial charge in [0.15, 0.2) is 0 Å². The van der Waals surface area contributed by atoms with Crippen LogP contribution in [0.2, 0.25) is 0 Å². The molecular weight excluding hydrogens is 368 g/mol. The van der Waals surface area contributed by atoms with E-state index in [9.17, 15) is 9.90 Å². The lowest BCUT2D eigenvalue weighted by molar-refractivity contribution is -0.189. The molecule has 0 aliphatic carbocycles. The Morgan fingerprint density at radius 3 is 2.59 bits per heavy atom. The fourth-order valence-corrected chi connectivity index (χ4v) is 4.32. The van der Waals surface area contributed by atoms with Gasteiger partial charge in [-0.1, -0.05) is 24.0 Å². The van der Waals surface area contributed by atoms with Crippen LogP contribution in [0.15, 0.2) is 24.3 Å². The van der Waals surface area contributed by atoms with Gasteiger partial charge in [0.25, 0.3) is 0 Å². The molecule has 1 amide bonds. The molecule has 2 saturated heterocycles. The van der Waals surface area contributed by atoms with Crippen LogP contribution < -0.4 is 5.32 Å². The van der Waals surface area contributed by atoms with Crippen LogP contribution >= 0.6 is 0 Å². The summed E-state index contributed by atoms with van der Waals surface area (Å²) in [6.07, 6.45) is 2.79. The number of carbonyl (C=O) groups is 1. The Morgan fingerprint density at radius 1 is 1.31 bits per heavy atom. The van der Waals surface area contributed by atoms with E-state index in [0.29, 0.717) is 19.4 Å². The van der Waals surface area contributed by atoms with Crippen LogP contribution in [0.3, 0.4) is 0 Å². The highest BCUT2D eigenvalue weighted by atomic mass is 16.5. The zero-order valence-corrected chi connectivity index (χ0v) is 17.4. The summed E-state index contributed by atoms with van der Waals surface area (Å²) in [5.74, 6) is 5.84. The standard InChI is InChI=1S/C23H32N2O4/c1-18(27)24-21-16-29-23(17-22(21,2)28)10-12-25(13-11-23)15-20-8-6-19(7-9-20)5-3-4-14-26/h6-9,21,26,28H,4,10-17H2,1-2H3,(H,24,27)/t21-,22-/m0/s1. The molecule has 2 fully saturated rings. The monoisotopic (exact) mass is 400 g/mol. The van der Waals surface area contributed by atoms with Crippen molar-refractivity contribution in [2.75, 3.05) is 26.3 Å². The van der Waals surface area contributed by atoms with Crippen molar-refractivity contribution in [3.05, 3.63) is 35.4 Å².